The highest BCUT2D eigenvalue weighted by Gasteiger charge is 2.05. The summed E-state index contributed by atoms with van der Waals surface area (Å²) in [4.78, 5) is 4.44. The summed E-state index contributed by atoms with van der Waals surface area (Å²) in [6.45, 7) is 5.93. The molecule has 78 valence electrons. The van der Waals surface area contributed by atoms with Gasteiger partial charge in [0.05, 0.1) is 5.52 Å². The highest BCUT2D eigenvalue weighted by atomic mass is 19.1. The van der Waals surface area contributed by atoms with Gasteiger partial charge in [-0.2, -0.15) is 0 Å². The van der Waals surface area contributed by atoms with Crippen molar-refractivity contribution >= 4 is 10.9 Å². The Hall–Kier alpha value is -1.44. The van der Waals surface area contributed by atoms with Gasteiger partial charge in [0, 0.05) is 17.1 Å². The van der Waals surface area contributed by atoms with E-state index in [9.17, 15) is 4.39 Å². The summed E-state index contributed by atoms with van der Waals surface area (Å²) in [5, 5.41) is 0.998. The van der Waals surface area contributed by atoms with E-state index in [2.05, 4.69) is 18.8 Å². The lowest BCUT2D eigenvalue weighted by atomic mass is 10.1. The van der Waals surface area contributed by atoms with Crippen molar-refractivity contribution in [2.75, 3.05) is 0 Å². The third-order valence-corrected chi connectivity index (χ3v) is 2.58. The summed E-state index contributed by atoms with van der Waals surface area (Å²) in [5.74, 6) is 0.190. The first-order chi connectivity index (χ1) is 7.08. The zero-order valence-electron chi connectivity index (χ0n) is 9.21. The van der Waals surface area contributed by atoms with E-state index in [1.54, 1.807) is 6.92 Å². The third kappa shape index (κ3) is 1.84. The van der Waals surface area contributed by atoms with Gasteiger partial charge in [-0.05, 0) is 30.5 Å². The van der Waals surface area contributed by atoms with Gasteiger partial charge in [-0.3, -0.25) is 4.98 Å². The Morgan fingerprint density at radius 3 is 2.60 bits per heavy atom. The molecule has 0 saturated carbocycles. The second-order valence-electron chi connectivity index (χ2n) is 4.18. The first-order valence-electron chi connectivity index (χ1n) is 5.14. The van der Waals surface area contributed by atoms with Gasteiger partial charge in [0.1, 0.15) is 5.82 Å². The predicted molar refractivity (Wildman–Crippen MR) is 60.5 cm³/mol. The summed E-state index contributed by atoms with van der Waals surface area (Å²) in [6, 6.07) is 7.35. The highest BCUT2D eigenvalue weighted by Crippen LogP contribution is 2.20. The van der Waals surface area contributed by atoms with Crippen molar-refractivity contribution in [3.05, 3.63) is 41.3 Å². The minimum atomic E-state index is -0.184. The molecule has 2 aromatic rings. The second-order valence-corrected chi connectivity index (χ2v) is 4.18. The van der Waals surface area contributed by atoms with Gasteiger partial charge in [0.25, 0.3) is 0 Å². The molecule has 0 saturated heterocycles. The van der Waals surface area contributed by atoms with Crippen molar-refractivity contribution in [1.29, 1.82) is 0 Å². The second kappa shape index (κ2) is 3.61. The molecule has 2 rings (SSSR count). The minimum Gasteiger partial charge on any atom is -0.252 e. The van der Waals surface area contributed by atoms with Crippen LogP contribution < -0.4 is 0 Å². The van der Waals surface area contributed by atoms with Crippen LogP contribution >= 0.6 is 0 Å². The molecule has 1 nitrogen and oxygen atoms in total. The molecule has 0 atom stereocenters. The van der Waals surface area contributed by atoms with Gasteiger partial charge in [-0.1, -0.05) is 19.9 Å². The number of benzene rings is 1. The molecule has 2 heteroatoms. The maximum Gasteiger partial charge on any atom is 0.128 e. The lowest BCUT2D eigenvalue weighted by molar-refractivity contribution is 0.620. The average Bonchev–Trinajstić information content (AvgIpc) is 2.19. The van der Waals surface area contributed by atoms with E-state index < -0.39 is 0 Å². The molecule has 0 fully saturated rings. The predicted octanol–water partition coefficient (Wildman–Crippen LogP) is 3.81. The molecule has 0 aliphatic carbocycles. The van der Waals surface area contributed by atoms with Crippen molar-refractivity contribution in [3.63, 3.8) is 0 Å². The Labute approximate surface area is 89.0 Å². The number of rotatable bonds is 1. The highest BCUT2D eigenvalue weighted by molar-refractivity contribution is 5.79. The number of nitrogens with zero attached hydrogens (tertiary/aromatic N) is 1. The van der Waals surface area contributed by atoms with Gasteiger partial charge in [-0.15, -0.1) is 0 Å². The number of hydrogen-bond donors (Lipinski definition) is 0. The van der Waals surface area contributed by atoms with Crippen molar-refractivity contribution in [2.24, 2.45) is 0 Å². The number of halogens is 1. The number of hydrogen-bond acceptors (Lipinski definition) is 1. The Bertz CT molecular complexity index is 503. The van der Waals surface area contributed by atoms with Crippen LogP contribution in [0, 0.1) is 12.7 Å². The zero-order chi connectivity index (χ0) is 11.0. The van der Waals surface area contributed by atoms with Crippen LogP contribution in [-0.2, 0) is 0 Å². The van der Waals surface area contributed by atoms with Gasteiger partial charge >= 0.3 is 0 Å². The van der Waals surface area contributed by atoms with E-state index in [0.29, 0.717) is 11.5 Å². The molecule has 1 aromatic heterocycles. The summed E-state index contributed by atoms with van der Waals surface area (Å²) in [6.07, 6.45) is 0. The quantitative estimate of drug-likeness (QED) is 0.686. The van der Waals surface area contributed by atoms with Crippen LogP contribution in [0.3, 0.4) is 0 Å². The number of aryl methyl sites for hydroxylation is 1. The maximum atomic E-state index is 13.3. The van der Waals surface area contributed by atoms with E-state index in [1.807, 2.05) is 18.2 Å². The van der Waals surface area contributed by atoms with E-state index in [4.69, 9.17) is 0 Å². The minimum absolute atomic E-state index is 0.184. The Morgan fingerprint density at radius 1 is 1.20 bits per heavy atom. The molecule has 0 aliphatic heterocycles. The Kier molecular flexibility index (Phi) is 2.43. The number of fused-ring (bicyclic) bond motifs is 1. The van der Waals surface area contributed by atoms with Crippen LogP contribution in [0.2, 0.25) is 0 Å². The van der Waals surface area contributed by atoms with Crippen molar-refractivity contribution in [1.82, 2.24) is 4.98 Å². The number of pyridine rings is 1. The molecule has 1 aromatic carbocycles. The van der Waals surface area contributed by atoms with Crippen molar-refractivity contribution < 1.29 is 4.39 Å². The van der Waals surface area contributed by atoms with Crippen LogP contribution in [0.1, 0.15) is 31.0 Å². The van der Waals surface area contributed by atoms with Crippen molar-refractivity contribution in [3.8, 4) is 0 Å². The molecule has 0 radical (unpaired) electrons. The lowest BCUT2D eigenvalue weighted by Crippen LogP contribution is -1.93. The molecule has 15 heavy (non-hydrogen) atoms. The maximum absolute atomic E-state index is 13.3. The molecule has 0 aliphatic rings. The molecule has 0 bridgehead atoms. The monoisotopic (exact) mass is 203 g/mol. The molecule has 0 amide bonds. The fraction of sp³-hybridized carbons (Fsp3) is 0.308. The fourth-order valence-corrected chi connectivity index (χ4v) is 1.60. The first kappa shape index (κ1) is 10.1. The molecule has 1 heterocycles. The summed E-state index contributed by atoms with van der Waals surface area (Å²) in [7, 11) is 0. The summed E-state index contributed by atoms with van der Waals surface area (Å²) in [5.41, 5.74) is 2.41. The van der Waals surface area contributed by atoms with Crippen LogP contribution in [0.4, 0.5) is 4.39 Å². The SMILES string of the molecule is Cc1cc2ccc(C(C)C)nc2cc1F. The first-order valence-corrected chi connectivity index (χ1v) is 5.14. The van der Waals surface area contributed by atoms with Crippen LogP contribution in [0.15, 0.2) is 24.3 Å². The Balaban J connectivity index is 2.66. The van der Waals surface area contributed by atoms with E-state index in [0.717, 1.165) is 16.6 Å². The van der Waals surface area contributed by atoms with Gasteiger partial charge in [0.15, 0.2) is 0 Å². The number of aromatic nitrogens is 1. The van der Waals surface area contributed by atoms with Gasteiger partial charge < -0.3 is 0 Å². The van der Waals surface area contributed by atoms with Crippen LogP contribution in [0.5, 0.6) is 0 Å². The summed E-state index contributed by atoms with van der Waals surface area (Å²) < 4.78 is 13.3. The third-order valence-electron chi connectivity index (χ3n) is 2.58. The summed E-state index contributed by atoms with van der Waals surface area (Å²) >= 11 is 0. The van der Waals surface area contributed by atoms with Gasteiger partial charge in [0.2, 0.25) is 0 Å². The largest absolute Gasteiger partial charge is 0.252 e. The molecule has 0 N–H and O–H groups in total. The zero-order valence-corrected chi connectivity index (χ0v) is 9.21. The fourth-order valence-electron chi connectivity index (χ4n) is 1.60. The molecule has 0 spiro atoms. The van der Waals surface area contributed by atoms with E-state index >= 15 is 0 Å². The van der Waals surface area contributed by atoms with E-state index in [-0.39, 0.29) is 5.82 Å². The van der Waals surface area contributed by atoms with Gasteiger partial charge in [-0.25, -0.2) is 4.39 Å². The molecular formula is C13H14FN. The van der Waals surface area contributed by atoms with Crippen LogP contribution in [0.25, 0.3) is 10.9 Å². The standard InChI is InChI=1S/C13H14FN/c1-8(2)12-5-4-10-6-9(3)11(14)7-13(10)15-12/h4-8H,1-3H3. The lowest BCUT2D eigenvalue weighted by Gasteiger charge is -2.06. The van der Waals surface area contributed by atoms with Crippen LogP contribution in [-0.4, -0.2) is 4.98 Å². The van der Waals surface area contributed by atoms with E-state index in [1.165, 1.54) is 6.07 Å². The molecule has 0 unspecified atom stereocenters. The normalized spacial score (nSPS) is 11.3. The smallest absolute Gasteiger partial charge is 0.128 e. The Morgan fingerprint density at radius 2 is 1.93 bits per heavy atom. The van der Waals surface area contributed by atoms with Crippen molar-refractivity contribution in [2.45, 2.75) is 26.7 Å². The molecular weight excluding hydrogens is 189 g/mol. The topological polar surface area (TPSA) is 12.9 Å². The average molecular weight is 203 g/mol.